The molecule has 0 saturated carbocycles. The second kappa shape index (κ2) is 8.89. The minimum atomic E-state index is -4.57. The topological polar surface area (TPSA) is 60.5 Å². The smallest absolute Gasteiger partial charge is 0.421 e. The Morgan fingerprint density at radius 2 is 2.00 bits per heavy atom. The van der Waals surface area contributed by atoms with Gasteiger partial charge in [0.2, 0.25) is 5.88 Å². The number of pyridine rings is 1. The van der Waals surface area contributed by atoms with Crippen LogP contribution in [0.4, 0.5) is 18.0 Å². The zero-order valence-corrected chi connectivity index (χ0v) is 13.9. The molecule has 0 bridgehead atoms. The Balaban J connectivity index is 1.85. The van der Waals surface area contributed by atoms with Gasteiger partial charge in [0.25, 0.3) is 0 Å². The highest BCUT2D eigenvalue weighted by Gasteiger charge is 2.35. The average Bonchev–Trinajstić information content (AvgIpc) is 2.63. The van der Waals surface area contributed by atoms with E-state index in [1.54, 1.807) is 0 Å². The molecule has 8 heteroatoms. The minimum Gasteiger partial charge on any atom is -0.481 e. The van der Waals surface area contributed by atoms with Crippen molar-refractivity contribution in [3.05, 3.63) is 65.4 Å². The number of alkyl carbamates (subject to hydrolysis) is 1. The molecule has 5 nitrogen and oxygen atoms in total. The summed E-state index contributed by atoms with van der Waals surface area (Å²) in [5.74, 6) is -0.489. The highest BCUT2D eigenvalue weighted by Crippen LogP contribution is 2.35. The number of aromatic nitrogens is 1. The van der Waals surface area contributed by atoms with Gasteiger partial charge in [-0.15, -0.1) is 0 Å². The van der Waals surface area contributed by atoms with Crippen molar-refractivity contribution in [1.82, 2.24) is 10.3 Å². The fraction of sp³-hybridized carbons (Fsp3) is 0.222. The molecule has 1 heterocycles. The molecule has 26 heavy (non-hydrogen) atoms. The molecule has 2 rings (SSSR count). The Bertz CT molecular complexity index is 762. The summed E-state index contributed by atoms with van der Waals surface area (Å²) < 4.78 is 48.4. The van der Waals surface area contributed by atoms with E-state index in [2.05, 4.69) is 15.0 Å². The molecule has 1 amide bonds. The van der Waals surface area contributed by atoms with E-state index in [-0.39, 0.29) is 18.7 Å². The molecule has 0 aliphatic carbocycles. The lowest BCUT2D eigenvalue weighted by Crippen LogP contribution is -2.24. The van der Waals surface area contributed by atoms with Gasteiger partial charge in [0.15, 0.2) is 0 Å². The molecule has 1 N–H and O–H groups in total. The molecule has 0 saturated heterocycles. The van der Waals surface area contributed by atoms with Crippen LogP contribution in [0.1, 0.15) is 16.7 Å². The largest absolute Gasteiger partial charge is 0.481 e. The van der Waals surface area contributed by atoms with Crippen LogP contribution >= 0.6 is 0 Å². The van der Waals surface area contributed by atoms with Crippen LogP contribution in [0, 0.1) is 0 Å². The monoisotopic (exact) mass is 366 g/mol. The van der Waals surface area contributed by atoms with E-state index in [1.807, 2.05) is 30.3 Å². The van der Waals surface area contributed by atoms with Crippen LogP contribution in [0.2, 0.25) is 0 Å². The summed E-state index contributed by atoms with van der Waals surface area (Å²) in [6.07, 6.45) is -1.03. The van der Waals surface area contributed by atoms with E-state index in [1.165, 1.54) is 18.3 Å². The number of carbonyl (C=O) groups is 1. The molecule has 0 fully saturated rings. The number of nitrogens with zero attached hydrogens (tertiary/aromatic N) is 1. The first-order chi connectivity index (χ1) is 12.4. The van der Waals surface area contributed by atoms with Crippen LogP contribution in [-0.2, 0) is 17.5 Å². The zero-order valence-electron chi connectivity index (χ0n) is 13.9. The Kier molecular flexibility index (Phi) is 6.60. The lowest BCUT2D eigenvalue weighted by molar-refractivity contribution is -0.139. The quantitative estimate of drug-likeness (QED) is 0.838. The van der Waals surface area contributed by atoms with Crippen molar-refractivity contribution in [3.63, 3.8) is 0 Å². The van der Waals surface area contributed by atoms with Gasteiger partial charge in [-0.2, -0.15) is 13.2 Å². The predicted octanol–water partition coefficient (Wildman–Crippen LogP) is 4.05. The number of hydrogen-bond acceptors (Lipinski definition) is 4. The zero-order chi connectivity index (χ0) is 19.0. The number of benzene rings is 1. The summed E-state index contributed by atoms with van der Waals surface area (Å²) in [7, 11) is 1.12. The SMILES string of the molecule is COc1ncc(C=CCNC(=O)OCc2ccccc2)cc1C(F)(F)F. The Hall–Kier alpha value is -3.03. The van der Waals surface area contributed by atoms with Crippen LogP contribution in [0.15, 0.2) is 48.7 Å². The van der Waals surface area contributed by atoms with Gasteiger partial charge in [0, 0.05) is 12.7 Å². The maximum Gasteiger partial charge on any atom is 0.421 e. The first-order valence-corrected chi connectivity index (χ1v) is 7.62. The minimum absolute atomic E-state index is 0.0982. The number of rotatable bonds is 6. The Morgan fingerprint density at radius 3 is 2.65 bits per heavy atom. The molecule has 0 atom stereocenters. The summed E-state index contributed by atoms with van der Waals surface area (Å²) in [6.45, 7) is 0.231. The standard InChI is InChI=1S/C18H17F3N2O3/c1-25-16-15(18(19,20)21)10-14(11-23-16)8-5-9-22-17(24)26-12-13-6-3-2-4-7-13/h2-8,10-11H,9,12H2,1H3,(H,22,24). The average molecular weight is 366 g/mol. The summed E-state index contributed by atoms with van der Waals surface area (Å²) in [6, 6.07) is 10.1. The van der Waals surface area contributed by atoms with Crippen LogP contribution < -0.4 is 10.1 Å². The van der Waals surface area contributed by atoms with Gasteiger partial charge in [-0.1, -0.05) is 42.5 Å². The molecule has 0 aliphatic rings. The maximum absolute atomic E-state index is 12.9. The number of methoxy groups -OCH3 is 1. The number of alkyl halides is 3. The third kappa shape index (κ3) is 5.80. The van der Waals surface area contributed by atoms with E-state index in [0.29, 0.717) is 0 Å². The van der Waals surface area contributed by atoms with Gasteiger partial charge in [-0.25, -0.2) is 9.78 Å². The lowest BCUT2D eigenvalue weighted by Gasteiger charge is -2.11. The number of nitrogens with one attached hydrogen (secondary N) is 1. The summed E-state index contributed by atoms with van der Waals surface area (Å²) >= 11 is 0. The Morgan fingerprint density at radius 1 is 1.27 bits per heavy atom. The fourth-order valence-corrected chi connectivity index (χ4v) is 2.04. The van der Waals surface area contributed by atoms with Crippen molar-refractivity contribution < 1.29 is 27.4 Å². The van der Waals surface area contributed by atoms with Crippen molar-refractivity contribution >= 4 is 12.2 Å². The van der Waals surface area contributed by atoms with Gasteiger partial charge in [-0.05, 0) is 17.2 Å². The number of halogens is 3. The number of amides is 1. The van der Waals surface area contributed by atoms with Crippen molar-refractivity contribution in [3.8, 4) is 5.88 Å². The molecule has 138 valence electrons. The van der Waals surface area contributed by atoms with Crippen LogP contribution in [0.25, 0.3) is 6.08 Å². The highest BCUT2D eigenvalue weighted by molar-refractivity contribution is 5.67. The summed E-state index contributed by atoms with van der Waals surface area (Å²) in [4.78, 5) is 15.2. The first-order valence-electron chi connectivity index (χ1n) is 7.62. The predicted molar refractivity (Wildman–Crippen MR) is 89.5 cm³/mol. The van der Waals surface area contributed by atoms with Gasteiger partial charge >= 0.3 is 12.3 Å². The molecule has 1 aromatic heterocycles. The van der Waals surface area contributed by atoms with E-state index < -0.39 is 23.7 Å². The molecule has 0 spiro atoms. The van der Waals surface area contributed by atoms with Crippen molar-refractivity contribution in [2.24, 2.45) is 0 Å². The molecular weight excluding hydrogens is 349 g/mol. The molecule has 0 radical (unpaired) electrons. The van der Waals surface area contributed by atoms with Crippen LogP contribution in [0.3, 0.4) is 0 Å². The second-order valence-corrected chi connectivity index (χ2v) is 5.17. The van der Waals surface area contributed by atoms with Gasteiger partial charge < -0.3 is 14.8 Å². The summed E-state index contributed by atoms with van der Waals surface area (Å²) in [5.41, 5.74) is 0.122. The second-order valence-electron chi connectivity index (χ2n) is 5.17. The number of carbonyl (C=O) groups excluding carboxylic acids is 1. The fourth-order valence-electron chi connectivity index (χ4n) is 2.04. The van der Waals surface area contributed by atoms with Crippen molar-refractivity contribution in [2.45, 2.75) is 12.8 Å². The van der Waals surface area contributed by atoms with Crippen LogP contribution in [-0.4, -0.2) is 24.7 Å². The van der Waals surface area contributed by atoms with Gasteiger partial charge in [0.1, 0.15) is 12.2 Å². The molecule has 2 aromatic rings. The first kappa shape index (κ1) is 19.3. The third-order valence-electron chi connectivity index (χ3n) is 3.26. The normalized spacial score (nSPS) is 11.4. The number of ether oxygens (including phenoxy) is 2. The Labute approximate surface area is 148 Å². The van der Waals surface area contributed by atoms with E-state index in [0.717, 1.165) is 18.7 Å². The van der Waals surface area contributed by atoms with E-state index >= 15 is 0 Å². The van der Waals surface area contributed by atoms with Crippen molar-refractivity contribution in [1.29, 1.82) is 0 Å². The third-order valence-corrected chi connectivity index (χ3v) is 3.26. The van der Waals surface area contributed by atoms with Crippen molar-refractivity contribution in [2.75, 3.05) is 13.7 Å². The van der Waals surface area contributed by atoms with Gasteiger partial charge in [-0.3, -0.25) is 0 Å². The molecular formula is C18H17F3N2O3. The molecule has 1 aromatic carbocycles. The highest BCUT2D eigenvalue weighted by atomic mass is 19.4. The molecule has 0 aliphatic heterocycles. The summed E-state index contributed by atoms with van der Waals surface area (Å²) in [5, 5.41) is 2.48. The number of hydrogen-bond donors (Lipinski definition) is 1. The van der Waals surface area contributed by atoms with Crippen LogP contribution in [0.5, 0.6) is 5.88 Å². The molecule has 0 unspecified atom stereocenters. The van der Waals surface area contributed by atoms with E-state index in [4.69, 9.17) is 4.74 Å². The van der Waals surface area contributed by atoms with E-state index in [9.17, 15) is 18.0 Å². The maximum atomic E-state index is 12.9. The lowest BCUT2D eigenvalue weighted by atomic mass is 10.2. The van der Waals surface area contributed by atoms with Gasteiger partial charge in [0.05, 0.1) is 7.11 Å².